The molecule has 19 heavy (non-hydrogen) atoms. The second-order valence-corrected chi connectivity index (χ2v) is 5.58. The first-order valence-corrected chi connectivity index (χ1v) is 6.86. The van der Waals surface area contributed by atoms with Gasteiger partial charge in [-0.05, 0) is 56.3 Å². The fourth-order valence-corrected chi connectivity index (χ4v) is 2.55. The van der Waals surface area contributed by atoms with E-state index in [1.807, 2.05) is 0 Å². The largest absolute Gasteiger partial charge is 0.496 e. The van der Waals surface area contributed by atoms with Crippen LogP contribution in [0.15, 0.2) is 12.1 Å². The molecule has 0 aromatic heterocycles. The van der Waals surface area contributed by atoms with E-state index < -0.39 is 0 Å². The first kappa shape index (κ1) is 13.9. The van der Waals surface area contributed by atoms with Crippen LogP contribution in [0, 0.1) is 30.6 Å². The van der Waals surface area contributed by atoms with Gasteiger partial charge in [-0.25, -0.2) is 0 Å². The van der Waals surface area contributed by atoms with Gasteiger partial charge in [-0.1, -0.05) is 12.1 Å². The Morgan fingerprint density at radius 2 is 1.95 bits per heavy atom. The molecule has 1 N–H and O–H groups in total. The van der Waals surface area contributed by atoms with Crippen molar-refractivity contribution in [3.63, 3.8) is 0 Å². The molecule has 0 saturated heterocycles. The maximum atomic E-state index is 9.00. The number of nitriles is 1. The molecule has 1 aromatic rings. The van der Waals surface area contributed by atoms with Crippen LogP contribution in [0.1, 0.15) is 29.5 Å². The van der Waals surface area contributed by atoms with E-state index in [0.29, 0.717) is 0 Å². The Labute approximate surface area is 115 Å². The van der Waals surface area contributed by atoms with Crippen molar-refractivity contribution in [3.05, 3.63) is 28.8 Å². The SMILES string of the molecule is COc1c(C)cc(CCNCC2(C#N)CC2)cc1C. The molecule has 3 heteroatoms. The van der Waals surface area contributed by atoms with Gasteiger partial charge in [-0.3, -0.25) is 0 Å². The predicted molar refractivity (Wildman–Crippen MR) is 76.3 cm³/mol. The Morgan fingerprint density at radius 1 is 1.32 bits per heavy atom. The second kappa shape index (κ2) is 5.63. The maximum absolute atomic E-state index is 9.00. The van der Waals surface area contributed by atoms with E-state index in [4.69, 9.17) is 10.00 Å². The standard InChI is InChI=1S/C16H22N2O/c1-12-8-14(9-13(2)15(12)19-3)4-7-18-11-16(10-17)5-6-16/h8-9,18H,4-7,11H2,1-3H3. The summed E-state index contributed by atoms with van der Waals surface area (Å²) < 4.78 is 5.37. The van der Waals surface area contributed by atoms with Crippen LogP contribution in [0.2, 0.25) is 0 Å². The molecule has 3 nitrogen and oxygen atoms in total. The van der Waals surface area contributed by atoms with Gasteiger partial charge >= 0.3 is 0 Å². The van der Waals surface area contributed by atoms with E-state index in [1.54, 1.807) is 7.11 Å². The van der Waals surface area contributed by atoms with E-state index in [1.165, 1.54) is 16.7 Å². The number of hydrogen-bond acceptors (Lipinski definition) is 3. The minimum absolute atomic E-state index is 0.0499. The van der Waals surface area contributed by atoms with Gasteiger partial charge in [0.15, 0.2) is 0 Å². The molecule has 0 atom stereocenters. The number of methoxy groups -OCH3 is 1. The summed E-state index contributed by atoms with van der Waals surface area (Å²) in [7, 11) is 1.72. The molecular weight excluding hydrogens is 236 g/mol. The monoisotopic (exact) mass is 258 g/mol. The molecule has 0 bridgehead atoms. The van der Waals surface area contributed by atoms with Crippen molar-refractivity contribution in [2.45, 2.75) is 33.1 Å². The van der Waals surface area contributed by atoms with Crippen molar-refractivity contribution in [1.82, 2.24) is 5.32 Å². The van der Waals surface area contributed by atoms with Crippen LogP contribution < -0.4 is 10.1 Å². The van der Waals surface area contributed by atoms with Crippen LogP contribution in [0.4, 0.5) is 0 Å². The molecule has 0 unspecified atom stereocenters. The number of hydrogen-bond donors (Lipinski definition) is 1. The molecular formula is C16H22N2O. The molecule has 0 aliphatic heterocycles. The normalized spacial score (nSPS) is 15.9. The molecule has 0 amide bonds. The number of nitrogens with one attached hydrogen (secondary N) is 1. The van der Waals surface area contributed by atoms with E-state index >= 15 is 0 Å². The van der Waals surface area contributed by atoms with Crippen molar-refractivity contribution in [2.75, 3.05) is 20.2 Å². The van der Waals surface area contributed by atoms with Crippen LogP contribution in [-0.2, 0) is 6.42 Å². The fourth-order valence-electron chi connectivity index (χ4n) is 2.55. The Balaban J connectivity index is 1.85. The van der Waals surface area contributed by atoms with E-state index in [9.17, 15) is 0 Å². The minimum Gasteiger partial charge on any atom is -0.496 e. The first-order valence-electron chi connectivity index (χ1n) is 6.86. The van der Waals surface area contributed by atoms with Gasteiger partial charge in [0.25, 0.3) is 0 Å². The number of benzene rings is 1. The molecule has 1 fully saturated rings. The zero-order valence-electron chi connectivity index (χ0n) is 12.0. The van der Waals surface area contributed by atoms with Gasteiger partial charge in [0, 0.05) is 6.54 Å². The number of nitrogens with zero attached hydrogens (tertiary/aromatic N) is 1. The average molecular weight is 258 g/mol. The predicted octanol–water partition coefficient (Wildman–Crippen LogP) is 2.75. The minimum atomic E-state index is -0.0499. The fraction of sp³-hybridized carbons (Fsp3) is 0.562. The summed E-state index contributed by atoms with van der Waals surface area (Å²) >= 11 is 0. The van der Waals surface area contributed by atoms with Crippen molar-refractivity contribution < 1.29 is 4.74 Å². The average Bonchev–Trinajstić information content (AvgIpc) is 3.15. The molecule has 1 aromatic carbocycles. The van der Waals surface area contributed by atoms with E-state index in [-0.39, 0.29) is 5.41 Å². The summed E-state index contributed by atoms with van der Waals surface area (Å²) in [5.41, 5.74) is 3.65. The summed E-state index contributed by atoms with van der Waals surface area (Å²) in [4.78, 5) is 0. The second-order valence-electron chi connectivity index (χ2n) is 5.58. The first-order chi connectivity index (χ1) is 9.10. The lowest BCUT2D eigenvalue weighted by atomic mass is 10.0. The smallest absolute Gasteiger partial charge is 0.124 e. The highest BCUT2D eigenvalue weighted by Crippen LogP contribution is 2.43. The third-order valence-corrected chi connectivity index (χ3v) is 3.87. The van der Waals surface area contributed by atoms with Gasteiger partial charge in [0.2, 0.25) is 0 Å². The van der Waals surface area contributed by atoms with Crippen molar-refractivity contribution in [2.24, 2.45) is 5.41 Å². The molecule has 2 rings (SSSR count). The topological polar surface area (TPSA) is 45.0 Å². The lowest BCUT2D eigenvalue weighted by Gasteiger charge is -2.12. The molecule has 0 heterocycles. The van der Waals surface area contributed by atoms with E-state index in [0.717, 1.165) is 38.1 Å². The van der Waals surface area contributed by atoms with Gasteiger partial charge in [0.1, 0.15) is 5.75 Å². The molecule has 0 spiro atoms. The van der Waals surface area contributed by atoms with Crippen LogP contribution >= 0.6 is 0 Å². The maximum Gasteiger partial charge on any atom is 0.124 e. The third-order valence-electron chi connectivity index (χ3n) is 3.87. The van der Waals surface area contributed by atoms with E-state index in [2.05, 4.69) is 37.4 Å². The lowest BCUT2D eigenvalue weighted by Crippen LogP contribution is -2.25. The Bertz CT molecular complexity index is 475. The summed E-state index contributed by atoms with van der Waals surface area (Å²) in [6.07, 6.45) is 3.10. The Hall–Kier alpha value is -1.53. The van der Waals surface area contributed by atoms with Crippen molar-refractivity contribution in [3.8, 4) is 11.8 Å². The van der Waals surface area contributed by atoms with Crippen molar-refractivity contribution in [1.29, 1.82) is 5.26 Å². The molecule has 1 aliphatic rings. The van der Waals surface area contributed by atoms with Gasteiger partial charge in [0.05, 0.1) is 18.6 Å². The van der Waals surface area contributed by atoms with Gasteiger partial charge < -0.3 is 10.1 Å². The van der Waals surface area contributed by atoms with Crippen LogP contribution in [0.5, 0.6) is 5.75 Å². The summed E-state index contributed by atoms with van der Waals surface area (Å²) in [6, 6.07) is 6.78. The quantitative estimate of drug-likeness (QED) is 0.798. The molecule has 102 valence electrons. The summed E-state index contributed by atoms with van der Waals surface area (Å²) in [5.74, 6) is 0.984. The van der Waals surface area contributed by atoms with Gasteiger partial charge in [-0.15, -0.1) is 0 Å². The highest BCUT2D eigenvalue weighted by molar-refractivity contribution is 5.43. The summed E-state index contributed by atoms with van der Waals surface area (Å²) in [5, 5.41) is 12.4. The lowest BCUT2D eigenvalue weighted by molar-refractivity contribution is 0.408. The Kier molecular flexibility index (Phi) is 4.11. The highest BCUT2D eigenvalue weighted by atomic mass is 16.5. The number of ether oxygens (including phenoxy) is 1. The van der Waals surface area contributed by atoms with Gasteiger partial charge in [-0.2, -0.15) is 5.26 Å². The van der Waals surface area contributed by atoms with Crippen LogP contribution in [-0.4, -0.2) is 20.2 Å². The van der Waals surface area contributed by atoms with Crippen molar-refractivity contribution >= 4 is 0 Å². The van der Waals surface area contributed by atoms with Crippen LogP contribution in [0.25, 0.3) is 0 Å². The summed E-state index contributed by atoms with van der Waals surface area (Å²) in [6.45, 7) is 5.92. The number of aryl methyl sites for hydroxylation is 2. The zero-order valence-corrected chi connectivity index (χ0v) is 12.0. The highest BCUT2D eigenvalue weighted by Gasteiger charge is 2.42. The molecule has 0 radical (unpaired) electrons. The molecule has 1 saturated carbocycles. The zero-order chi connectivity index (χ0) is 13.9. The number of rotatable bonds is 6. The third kappa shape index (κ3) is 3.27. The molecule has 1 aliphatic carbocycles. The Morgan fingerprint density at radius 3 is 2.42 bits per heavy atom. The van der Waals surface area contributed by atoms with Crippen LogP contribution in [0.3, 0.4) is 0 Å².